The molecule has 0 spiro atoms. The number of benzene rings is 1. The van der Waals surface area contributed by atoms with Gasteiger partial charge in [-0.1, -0.05) is 13.0 Å². The van der Waals surface area contributed by atoms with Crippen molar-refractivity contribution in [1.82, 2.24) is 0 Å². The quantitative estimate of drug-likeness (QED) is 0.887. The molecule has 2 unspecified atom stereocenters. The van der Waals surface area contributed by atoms with Crippen LogP contribution in [-0.2, 0) is 6.54 Å². The topological polar surface area (TPSA) is 28.4 Å². The smallest absolute Gasteiger partial charge is 0.123 e. The van der Waals surface area contributed by atoms with Crippen molar-refractivity contribution in [3.63, 3.8) is 0 Å². The fourth-order valence-electron chi connectivity index (χ4n) is 2.49. The SMILES string of the molecule is CC1CC1c1ccc(CNc2cccc(N(C)C)c2)o1. The van der Waals surface area contributed by atoms with E-state index in [1.807, 2.05) is 0 Å². The van der Waals surface area contributed by atoms with Crippen LogP contribution in [0, 0.1) is 5.92 Å². The van der Waals surface area contributed by atoms with E-state index in [2.05, 4.69) is 67.6 Å². The molecule has 1 aromatic carbocycles. The molecule has 1 aliphatic rings. The van der Waals surface area contributed by atoms with Gasteiger partial charge in [-0.2, -0.15) is 0 Å². The van der Waals surface area contributed by atoms with E-state index in [4.69, 9.17) is 4.42 Å². The third-order valence-corrected chi connectivity index (χ3v) is 3.99. The van der Waals surface area contributed by atoms with Gasteiger partial charge in [-0.25, -0.2) is 0 Å². The van der Waals surface area contributed by atoms with Crippen LogP contribution < -0.4 is 10.2 Å². The lowest BCUT2D eigenvalue weighted by molar-refractivity contribution is 0.468. The molecule has 2 atom stereocenters. The average molecular weight is 270 g/mol. The molecule has 1 N–H and O–H groups in total. The summed E-state index contributed by atoms with van der Waals surface area (Å²) in [5.41, 5.74) is 2.32. The van der Waals surface area contributed by atoms with Gasteiger partial charge in [0.05, 0.1) is 6.54 Å². The number of hydrogen-bond acceptors (Lipinski definition) is 3. The van der Waals surface area contributed by atoms with E-state index < -0.39 is 0 Å². The highest BCUT2D eigenvalue weighted by Gasteiger charge is 2.36. The number of anilines is 2. The van der Waals surface area contributed by atoms with E-state index in [9.17, 15) is 0 Å². The molecule has 3 nitrogen and oxygen atoms in total. The van der Waals surface area contributed by atoms with Crippen LogP contribution in [0.25, 0.3) is 0 Å². The van der Waals surface area contributed by atoms with Crippen LogP contribution in [0.5, 0.6) is 0 Å². The molecule has 1 aromatic heterocycles. The Morgan fingerprint density at radius 3 is 2.75 bits per heavy atom. The molecular formula is C17H22N2O. The molecule has 20 heavy (non-hydrogen) atoms. The molecular weight excluding hydrogens is 248 g/mol. The summed E-state index contributed by atoms with van der Waals surface area (Å²) in [5, 5.41) is 3.42. The fourth-order valence-corrected chi connectivity index (χ4v) is 2.49. The van der Waals surface area contributed by atoms with Gasteiger partial charge in [0.25, 0.3) is 0 Å². The van der Waals surface area contributed by atoms with Crippen LogP contribution in [0.2, 0.25) is 0 Å². The lowest BCUT2D eigenvalue weighted by atomic mass is 10.2. The van der Waals surface area contributed by atoms with E-state index in [0.717, 1.165) is 29.7 Å². The maximum atomic E-state index is 5.90. The molecule has 1 aliphatic carbocycles. The fraction of sp³-hybridized carbons (Fsp3) is 0.412. The average Bonchev–Trinajstić information content (AvgIpc) is 3.00. The van der Waals surface area contributed by atoms with Gasteiger partial charge in [0.15, 0.2) is 0 Å². The monoisotopic (exact) mass is 270 g/mol. The van der Waals surface area contributed by atoms with Gasteiger partial charge in [-0.15, -0.1) is 0 Å². The minimum Gasteiger partial charge on any atom is -0.464 e. The summed E-state index contributed by atoms with van der Waals surface area (Å²) in [4.78, 5) is 2.10. The Bertz CT molecular complexity index is 588. The van der Waals surface area contributed by atoms with Gasteiger partial charge < -0.3 is 14.6 Å². The molecule has 0 aliphatic heterocycles. The second-order valence-corrected chi connectivity index (χ2v) is 5.92. The summed E-state index contributed by atoms with van der Waals surface area (Å²) < 4.78 is 5.90. The van der Waals surface area contributed by atoms with Crippen molar-refractivity contribution in [3.05, 3.63) is 47.9 Å². The second kappa shape index (κ2) is 5.23. The second-order valence-electron chi connectivity index (χ2n) is 5.92. The first-order valence-corrected chi connectivity index (χ1v) is 7.23. The van der Waals surface area contributed by atoms with Gasteiger partial charge in [0.1, 0.15) is 11.5 Å². The summed E-state index contributed by atoms with van der Waals surface area (Å²) in [6.45, 7) is 3.01. The normalized spacial score (nSPS) is 20.8. The number of hydrogen-bond donors (Lipinski definition) is 1. The van der Waals surface area contributed by atoms with E-state index >= 15 is 0 Å². The Morgan fingerprint density at radius 1 is 1.25 bits per heavy atom. The lowest BCUT2D eigenvalue weighted by Crippen LogP contribution is -2.09. The molecule has 0 saturated heterocycles. The standard InChI is InChI=1S/C17H22N2O/c1-12-9-16(12)17-8-7-15(20-17)11-18-13-5-4-6-14(10-13)19(2)3/h4-8,10,12,16,18H,9,11H2,1-3H3. The predicted octanol–water partition coefficient (Wildman–Crippen LogP) is 4.08. The number of nitrogens with one attached hydrogen (secondary N) is 1. The molecule has 0 amide bonds. The third kappa shape index (κ3) is 2.82. The van der Waals surface area contributed by atoms with E-state index in [1.54, 1.807) is 0 Å². The zero-order valence-electron chi connectivity index (χ0n) is 12.4. The van der Waals surface area contributed by atoms with E-state index in [0.29, 0.717) is 5.92 Å². The molecule has 1 fully saturated rings. The zero-order valence-corrected chi connectivity index (χ0v) is 12.4. The Labute approximate surface area is 120 Å². The van der Waals surface area contributed by atoms with Crippen molar-refractivity contribution in [2.75, 3.05) is 24.3 Å². The summed E-state index contributed by atoms with van der Waals surface area (Å²) in [7, 11) is 4.10. The van der Waals surface area contributed by atoms with E-state index in [-0.39, 0.29) is 0 Å². The molecule has 2 aromatic rings. The molecule has 3 heteroatoms. The molecule has 106 valence electrons. The Kier molecular flexibility index (Phi) is 3.43. The minimum absolute atomic E-state index is 0.654. The Balaban J connectivity index is 1.61. The molecule has 0 radical (unpaired) electrons. The van der Waals surface area contributed by atoms with Crippen LogP contribution >= 0.6 is 0 Å². The van der Waals surface area contributed by atoms with E-state index in [1.165, 1.54) is 12.1 Å². The number of rotatable bonds is 5. The largest absolute Gasteiger partial charge is 0.464 e. The molecule has 0 bridgehead atoms. The lowest BCUT2D eigenvalue weighted by Gasteiger charge is -2.14. The van der Waals surface area contributed by atoms with Gasteiger partial charge in [0.2, 0.25) is 0 Å². The molecule has 3 rings (SSSR count). The van der Waals surface area contributed by atoms with Crippen LogP contribution in [0.3, 0.4) is 0 Å². The van der Waals surface area contributed by atoms with Crippen molar-refractivity contribution < 1.29 is 4.42 Å². The van der Waals surface area contributed by atoms with Crippen molar-refractivity contribution in [2.24, 2.45) is 5.92 Å². The van der Waals surface area contributed by atoms with Gasteiger partial charge in [-0.3, -0.25) is 0 Å². The maximum absolute atomic E-state index is 5.90. The van der Waals surface area contributed by atoms with Crippen molar-refractivity contribution >= 4 is 11.4 Å². The maximum Gasteiger partial charge on any atom is 0.123 e. The van der Waals surface area contributed by atoms with Crippen LogP contribution in [0.4, 0.5) is 11.4 Å². The molecule has 1 heterocycles. The van der Waals surface area contributed by atoms with Crippen molar-refractivity contribution in [1.29, 1.82) is 0 Å². The summed E-state index contributed by atoms with van der Waals surface area (Å²) in [6.07, 6.45) is 1.27. The summed E-state index contributed by atoms with van der Waals surface area (Å²) >= 11 is 0. The number of nitrogens with zero attached hydrogens (tertiary/aromatic N) is 1. The first kappa shape index (κ1) is 13.1. The third-order valence-electron chi connectivity index (χ3n) is 3.99. The minimum atomic E-state index is 0.654. The highest BCUT2D eigenvalue weighted by Crippen LogP contribution is 2.47. The van der Waals surface area contributed by atoms with Crippen LogP contribution in [0.15, 0.2) is 40.8 Å². The first-order valence-electron chi connectivity index (χ1n) is 7.23. The first-order chi connectivity index (χ1) is 9.63. The number of furan rings is 1. The highest BCUT2D eigenvalue weighted by atomic mass is 16.3. The van der Waals surface area contributed by atoms with Crippen LogP contribution in [0.1, 0.15) is 30.8 Å². The van der Waals surface area contributed by atoms with Gasteiger partial charge >= 0.3 is 0 Å². The highest BCUT2D eigenvalue weighted by molar-refractivity contribution is 5.57. The zero-order chi connectivity index (χ0) is 14.1. The Hall–Kier alpha value is -1.90. The van der Waals surface area contributed by atoms with Crippen molar-refractivity contribution in [3.8, 4) is 0 Å². The Morgan fingerprint density at radius 2 is 2.05 bits per heavy atom. The molecule has 1 saturated carbocycles. The summed E-state index contributed by atoms with van der Waals surface area (Å²) in [6, 6.07) is 12.6. The predicted molar refractivity (Wildman–Crippen MR) is 83.3 cm³/mol. The summed E-state index contributed by atoms with van der Waals surface area (Å²) in [5.74, 6) is 3.60. The van der Waals surface area contributed by atoms with Gasteiger partial charge in [-0.05, 0) is 42.7 Å². The van der Waals surface area contributed by atoms with Crippen molar-refractivity contribution in [2.45, 2.75) is 25.8 Å². The van der Waals surface area contributed by atoms with Crippen LogP contribution in [-0.4, -0.2) is 14.1 Å². The van der Waals surface area contributed by atoms with Gasteiger partial charge in [0, 0.05) is 31.4 Å².